The average Bonchev–Trinajstić information content (AvgIpc) is 2.67. The van der Waals surface area contributed by atoms with Gasteiger partial charge in [0.1, 0.15) is 17.3 Å². The van der Waals surface area contributed by atoms with Crippen molar-refractivity contribution in [2.45, 2.75) is 38.8 Å². The third-order valence-corrected chi connectivity index (χ3v) is 4.60. The van der Waals surface area contributed by atoms with E-state index in [0.717, 1.165) is 35.7 Å². The lowest BCUT2D eigenvalue weighted by Gasteiger charge is -2.16. The van der Waals surface area contributed by atoms with Crippen molar-refractivity contribution in [1.82, 2.24) is 10.3 Å². The SMILES string of the molecule is C=C1N=C(CC)C=C(CCc2ccc(Cc3ccnc(C(F)(F)F)c3)c(F)c2)N1. The van der Waals surface area contributed by atoms with Gasteiger partial charge in [0, 0.05) is 24.0 Å². The maximum Gasteiger partial charge on any atom is 0.433 e. The van der Waals surface area contributed by atoms with Crippen LogP contribution >= 0.6 is 0 Å². The van der Waals surface area contributed by atoms with Crippen LogP contribution in [0.2, 0.25) is 0 Å². The van der Waals surface area contributed by atoms with E-state index in [1.807, 2.05) is 13.0 Å². The van der Waals surface area contributed by atoms with Crippen molar-refractivity contribution < 1.29 is 17.6 Å². The van der Waals surface area contributed by atoms with Gasteiger partial charge >= 0.3 is 6.18 Å². The van der Waals surface area contributed by atoms with Crippen LogP contribution in [-0.2, 0) is 19.0 Å². The molecule has 29 heavy (non-hydrogen) atoms. The van der Waals surface area contributed by atoms with E-state index in [0.29, 0.717) is 29.8 Å². The fraction of sp³-hybridized carbons (Fsp3) is 0.273. The molecule has 3 rings (SSSR count). The minimum absolute atomic E-state index is 0.0700. The zero-order chi connectivity index (χ0) is 21.0. The second-order valence-electron chi connectivity index (χ2n) is 6.85. The summed E-state index contributed by atoms with van der Waals surface area (Å²) in [5.41, 5.74) is 2.46. The van der Waals surface area contributed by atoms with E-state index in [4.69, 9.17) is 0 Å². The largest absolute Gasteiger partial charge is 0.433 e. The molecule has 0 radical (unpaired) electrons. The summed E-state index contributed by atoms with van der Waals surface area (Å²) in [5, 5.41) is 3.11. The highest BCUT2D eigenvalue weighted by Gasteiger charge is 2.32. The number of nitrogens with zero attached hydrogens (tertiary/aromatic N) is 2. The molecule has 0 atom stereocenters. The highest BCUT2D eigenvalue weighted by molar-refractivity contribution is 5.96. The number of aryl methyl sites for hydroxylation is 1. The second kappa shape index (κ2) is 8.59. The molecular formula is C22H21F4N3. The van der Waals surface area contributed by atoms with Gasteiger partial charge in [-0.2, -0.15) is 13.2 Å². The average molecular weight is 403 g/mol. The van der Waals surface area contributed by atoms with Crippen molar-refractivity contribution in [2.75, 3.05) is 0 Å². The van der Waals surface area contributed by atoms with Crippen LogP contribution in [-0.4, -0.2) is 10.7 Å². The molecule has 0 fully saturated rings. The van der Waals surface area contributed by atoms with Crippen LogP contribution in [0, 0.1) is 5.82 Å². The lowest BCUT2D eigenvalue weighted by Crippen LogP contribution is -2.18. The van der Waals surface area contributed by atoms with Crippen molar-refractivity contribution in [3.05, 3.63) is 88.9 Å². The molecule has 2 aromatic rings. The minimum Gasteiger partial charge on any atom is -0.344 e. The molecule has 1 N–H and O–H groups in total. The molecule has 0 bridgehead atoms. The minimum atomic E-state index is -4.52. The van der Waals surface area contributed by atoms with Gasteiger partial charge in [0.05, 0.1) is 0 Å². The van der Waals surface area contributed by atoms with Crippen molar-refractivity contribution in [1.29, 1.82) is 0 Å². The molecule has 0 saturated heterocycles. The smallest absolute Gasteiger partial charge is 0.344 e. The predicted octanol–water partition coefficient (Wildman–Crippen LogP) is 5.57. The summed E-state index contributed by atoms with van der Waals surface area (Å²) in [7, 11) is 0. The molecular weight excluding hydrogens is 382 g/mol. The summed E-state index contributed by atoms with van der Waals surface area (Å²) in [6.07, 6.45) is 0.717. The molecule has 1 aromatic carbocycles. The summed E-state index contributed by atoms with van der Waals surface area (Å²) >= 11 is 0. The summed E-state index contributed by atoms with van der Waals surface area (Å²) in [4.78, 5) is 7.62. The Balaban J connectivity index is 1.67. The Morgan fingerprint density at radius 1 is 1.07 bits per heavy atom. The number of hydrogen-bond acceptors (Lipinski definition) is 3. The number of rotatable bonds is 6. The molecule has 1 aliphatic rings. The van der Waals surface area contributed by atoms with Crippen LogP contribution in [0.1, 0.15) is 42.1 Å². The molecule has 3 nitrogen and oxygen atoms in total. The Labute approximate surface area is 166 Å². The van der Waals surface area contributed by atoms with E-state index in [-0.39, 0.29) is 6.42 Å². The summed E-state index contributed by atoms with van der Waals surface area (Å²) in [6, 6.07) is 7.28. The fourth-order valence-corrected chi connectivity index (χ4v) is 3.10. The molecule has 1 aliphatic heterocycles. The zero-order valence-corrected chi connectivity index (χ0v) is 16.0. The van der Waals surface area contributed by atoms with Crippen LogP contribution in [0.5, 0.6) is 0 Å². The Kier molecular flexibility index (Phi) is 6.15. The molecule has 7 heteroatoms. The van der Waals surface area contributed by atoms with E-state index in [2.05, 4.69) is 21.9 Å². The van der Waals surface area contributed by atoms with Crippen molar-refractivity contribution >= 4 is 5.71 Å². The third kappa shape index (κ3) is 5.53. The Hall–Kier alpha value is -2.96. The first-order valence-corrected chi connectivity index (χ1v) is 9.28. The van der Waals surface area contributed by atoms with Gasteiger partial charge in [-0.25, -0.2) is 9.38 Å². The molecule has 0 saturated carbocycles. The molecule has 0 unspecified atom stereocenters. The predicted molar refractivity (Wildman–Crippen MR) is 105 cm³/mol. The molecule has 152 valence electrons. The number of hydrogen-bond donors (Lipinski definition) is 1. The number of pyridine rings is 1. The standard InChI is InChI=1S/C22H21F4N3/c1-3-18-13-19(29-14(2)28-18)7-5-15-4-6-17(20(23)11-15)10-16-8-9-27-21(12-16)22(24,25)26/h4,6,8-9,11-13,29H,2-3,5,7,10H2,1H3. The normalized spacial score (nSPS) is 14.3. The molecule has 0 aliphatic carbocycles. The van der Waals surface area contributed by atoms with Crippen LogP contribution in [0.3, 0.4) is 0 Å². The topological polar surface area (TPSA) is 37.3 Å². The number of halogens is 4. The van der Waals surface area contributed by atoms with E-state index >= 15 is 0 Å². The van der Waals surface area contributed by atoms with Gasteiger partial charge in [0.15, 0.2) is 0 Å². The lowest BCUT2D eigenvalue weighted by atomic mass is 10.0. The van der Waals surface area contributed by atoms with E-state index in [1.54, 1.807) is 12.1 Å². The van der Waals surface area contributed by atoms with Gasteiger partial charge in [0.25, 0.3) is 0 Å². The second-order valence-corrected chi connectivity index (χ2v) is 6.85. The van der Waals surface area contributed by atoms with Gasteiger partial charge in [-0.15, -0.1) is 0 Å². The van der Waals surface area contributed by atoms with Gasteiger partial charge in [-0.1, -0.05) is 25.6 Å². The first-order valence-electron chi connectivity index (χ1n) is 9.28. The number of allylic oxidation sites excluding steroid dienone is 2. The van der Waals surface area contributed by atoms with E-state index in [1.165, 1.54) is 12.1 Å². The van der Waals surface area contributed by atoms with E-state index < -0.39 is 17.7 Å². The van der Waals surface area contributed by atoms with Crippen LogP contribution in [0.15, 0.2) is 65.7 Å². The van der Waals surface area contributed by atoms with Gasteiger partial charge < -0.3 is 5.32 Å². The van der Waals surface area contributed by atoms with Gasteiger partial charge in [-0.3, -0.25) is 4.98 Å². The maximum absolute atomic E-state index is 14.5. The van der Waals surface area contributed by atoms with Crippen molar-refractivity contribution in [2.24, 2.45) is 4.99 Å². The third-order valence-electron chi connectivity index (χ3n) is 4.60. The monoisotopic (exact) mass is 403 g/mol. The van der Waals surface area contributed by atoms with Crippen molar-refractivity contribution in [3.63, 3.8) is 0 Å². The first-order chi connectivity index (χ1) is 13.7. The number of benzene rings is 1. The van der Waals surface area contributed by atoms with Gasteiger partial charge in [-0.05, 0) is 60.2 Å². The zero-order valence-electron chi connectivity index (χ0n) is 16.0. The molecule has 0 amide bonds. The molecule has 1 aromatic heterocycles. The van der Waals surface area contributed by atoms with Crippen molar-refractivity contribution in [3.8, 4) is 0 Å². The van der Waals surface area contributed by atoms with Crippen LogP contribution in [0.4, 0.5) is 17.6 Å². The van der Waals surface area contributed by atoms with E-state index in [9.17, 15) is 17.6 Å². The Bertz CT molecular complexity index is 974. The van der Waals surface area contributed by atoms with Crippen LogP contribution in [0.25, 0.3) is 0 Å². The fourth-order valence-electron chi connectivity index (χ4n) is 3.10. The van der Waals surface area contributed by atoms with Gasteiger partial charge in [0.2, 0.25) is 0 Å². The Morgan fingerprint density at radius 3 is 2.55 bits per heavy atom. The highest BCUT2D eigenvalue weighted by Crippen LogP contribution is 2.28. The number of aromatic nitrogens is 1. The summed E-state index contributed by atoms with van der Waals surface area (Å²) in [6.45, 7) is 5.84. The highest BCUT2D eigenvalue weighted by atomic mass is 19.4. The molecule has 0 spiro atoms. The first kappa shape index (κ1) is 20.8. The number of aliphatic imine (C=N–C) groups is 1. The number of nitrogens with one attached hydrogen (secondary N) is 1. The number of alkyl halides is 3. The summed E-state index contributed by atoms with van der Waals surface area (Å²) < 4.78 is 52.9. The maximum atomic E-state index is 14.5. The lowest BCUT2D eigenvalue weighted by molar-refractivity contribution is -0.141. The molecule has 2 heterocycles. The van der Waals surface area contributed by atoms with Crippen LogP contribution < -0.4 is 5.32 Å². The summed E-state index contributed by atoms with van der Waals surface area (Å²) in [5.74, 6) is 0.162. The Morgan fingerprint density at radius 2 is 1.86 bits per heavy atom. The quantitative estimate of drug-likeness (QED) is 0.640.